The van der Waals surface area contributed by atoms with Gasteiger partial charge in [0.15, 0.2) is 11.5 Å². The van der Waals surface area contributed by atoms with E-state index in [2.05, 4.69) is 0 Å². The summed E-state index contributed by atoms with van der Waals surface area (Å²) in [5.74, 6) is 0.462. The summed E-state index contributed by atoms with van der Waals surface area (Å²) >= 11 is 0. The van der Waals surface area contributed by atoms with E-state index in [0.717, 1.165) is 0 Å². The average molecular weight is 169 g/mol. The molecule has 66 valence electrons. The molecule has 12 heavy (non-hydrogen) atoms. The molecular formula is C8H11NO3. The van der Waals surface area contributed by atoms with Gasteiger partial charge >= 0.3 is 0 Å². The number of hydrogen-bond acceptors (Lipinski definition) is 4. The van der Waals surface area contributed by atoms with E-state index in [1.54, 1.807) is 12.1 Å². The monoisotopic (exact) mass is 169 g/mol. The fraction of sp³-hybridized carbons (Fsp3) is 0.250. The summed E-state index contributed by atoms with van der Waals surface area (Å²) in [5.41, 5.74) is 2.70. The van der Waals surface area contributed by atoms with Crippen LogP contribution in [-0.4, -0.2) is 17.4 Å². The second-order valence-corrected chi connectivity index (χ2v) is 2.30. The van der Waals surface area contributed by atoms with Gasteiger partial charge in [-0.1, -0.05) is 12.1 Å². The Morgan fingerprint density at radius 2 is 2.25 bits per heavy atom. The third kappa shape index (κ3) is 1.66. The van der Waals surface area contributed by atoms with Crippen LogP contribution in [0.15, 0.2) is 18.2 Å². The van der Waals surface area contributed by atoms with Crippen molar-refractivity contribution >= 4 is 0 Å². The fourth-order valence-electron chi connectivity index (χ4n) is 1.03. The first-order chi connectivity index (χ1) is 5.79. The van der Waals surface area contributed by atoms with Crippen LogP contribution < -0.4 is 10.2 Å². The molecule has 0 unspecified atom stereocenters. The van der Waals surface area contributed by atoms with Gasteiger partial charge in [-0.25, -0.2) is 5.48 Å². The Hall–Kier alpha value is -1.26. The first-order valence-electron chi connectivity index (χ1n) is 3.51. The zero-order chi connectivity index (χ0) is 8.97. The molecule has 0 aliphatic carbocycles. The lowest BCUT2D eigenvalue weighted by Crippen LogP contribution is -2.07. The molecule has 0 heterocycles. The lowest BCUT2D eigenvalue weighted by Gasteiger charge is -2.08. The van der Waals surface area contributed by atoms with Gasteiger partial charge in [0.2, 0.25) is 0 Å². The van der Waals surface area contributed by atoms with E-state index in [1.807, 2.05) is 5.48 Å². The molecule has 0 saturated heterocycles. The summed E-state index contributed by atoms with van der Waals surface area (Å²) in [5, 5.41) is 17.7. The van der Waals surface area contributed by atoms with Gasteiger partial charge in [-0.2, -0.15) is 0 Å². The number of rotatable bonds is 3. The van der Waals surface area contributed by atoms with Crippen LogP contribution in [0.3, 0.4) is 0 Å². The average Bonchev–Trinajstić information content (AvgIpc) is 2.05. The Morgan fingerprint density at radius 1 is 1.50 bits per heavy atom. The van der Waals surface area contributed by atoms with E-state index < -0.39 is 0 Å². The number of nitrogens with one attached hydrogen (secondary N) is 1. The maximum Gasteiger partial charge on any atom is 0.165 e. The minimum absolute atomic E-state index is 0.0743. The molecule has 0 radical (unpaired) electrons. The van der Waals surface area contributed by atoms with Gasteiger partial charge in [-0.15, -0.1) is 0 Å². The molecule has 0 bridgehead atoms. The topological polar surface area (TPSA) is 61.7 Å². The molecule has 0 aliphatic heterocycles. The number of ether oxygens (including phenoxy) is 1. The van der Waals surface area contributed by atoms with Crippen LogP contribution in [0.2, 0.25) is 0 Å². The minimum atomic E-state index is 0.0743. The number of phenolic OH excluding ortho intramolecular Hbond substituents is 1. The molecule has 0 aliphatic rings. The van der Waals surface area contributed by atoms with E-state index in [4.69, 9.17) is 9.94 Å². The second kappa shape index (κ2) is 3.94. The molecule has 0 fully saturated rings. The second-order valence-electron chi connectivity index (χ2n) is 2.30. The Bertz CT molecular complexity index is 262. The number of para-hydroxylation sites is 1. The van der Waals surface area contributed by atoms with Gasteiger partial charge in [-0.05, 0) is 6.07 Å². The summed E-state index contributed by atoms with van der Waals surface area (Å²) in [7, 11) is 1.47. The fourth-order valence-corrected chi connectivity index (χ4v) is 1.03. The summed E-state index contributed by atoms with van der Waals surface area (Å²) in [6.07, 6.45) is 0. The Morgan fingerprint density at radius 3 is 2.83 bits per heavy atom. The van der Waals surface area contributed by atoms with Crippen LogP contribution >= 0.6 is 0 Å². The maximum atomic E-state index is 9.28. The summed E-state index contributed by atoms with van der Waals surface area (Å²) in [6.45, 7) is 0.248. The Balaban J connectivity index is 3.00. The normalized spacial score (nSPS) is 9.83. The van der Waals surface area contributed by atoms with Crippen molar-refractivity contribution in [3.8, 4) is 11.5 Å². The number of hydroxylamine groups is 1. The minimum Gasteiger partial charge on any atom is -0.504 e. The SMILES string of the molecule is COc1c(O)cccc1CNO. The third-order valence-electron chi connectivity index (χ3n) is 1.55. The van der Waals surface area contributed by atoms with Gasteiger partial charge < -0.3 is 15.1 Å². The standard InChI is InChI=1S/C8H11NO3/c1-12-8-6(5-9-11)3-2-4-7(8)10/h2-4,9-11H,5H2,1H3. The molecule has 1 rings (SSSR count). The highest BCUT2D eigenvalue weighted by molar-refractivity contribution is 5.45. The van der Waals surface area contributed by atoms with Gasteiger partial charge in [0.05, 0.1) is 7.11 Å². The molecule has 0 spiro atoms. The number of hydrogen-bond donors (Lipinski definition) is 3. The Labute approximate surface area is 70.4 Å². The molecule has 0 saturated carbocycles. The van der Waals surface area contributed by atoms with Crippen molar-refractivity contribution in [1.29, 1.82) is 0 Å². The molecule has 4 nitrogen and oxygen atoms in total. The lowest BCUT2D eigenvalue weighted by molar-refractivity contribution is 0.160. The van der Waals surface area contributed by atoms with E-state index in [0.29, 0.717) is 11.3 Å². The molecule has 4 heteroatoms. The molecule has 1 aromatic carbocycles. The smallest absolute Gasteiger partial charge is 0.165 e. The molecule has 1 aromatic rings. The van der Waals surface area contributed by atoms with E-state index in [-0.39, 0.29) is 12.3 Å². The van der Waals surface area contributed by atoms with Gasteiger partial charge in [0.25, 0.3) is 0 Å². The van der Waals surface area contributed by atoms with Crippen molar-refractivity contribution in [3.05, 3.63) is 23.8 Å². The van der Waals surface area contributed by atoms with Crippen molar-refractivity contribution in [2.24, 2.45) is 0 Å². The van der Waals surface area contributed by atoms with Crippen molar-refractivity contribution in [2.75, 3.05) is 7.11 Å². The van der Waals surface area contributed by atoms with Gasteiger partial charge in [0, 0.05) is 12.1 Å². The highest BCUT2D eigenvalue weighted by Crippen LogP contribution is 2.29. The summed E-state index contributed by atoms with van der Waals surface area (Å²) < 4.78 is 4.93. The predicted octanol–water partition coefficient (Wildman–Crippen LogP) is 0.880. The largest absolute Gasteiger partial charge is 0.504 e. The van der Waals surface area contributed by atoms with Crippen LogP contribution in [0.4, 0.5) is 0 Å². The van der Waals surface area contributed by atoms with E-state index >= 15 is 0 Å². The predicted molar refractivity (Wildman–Crippen MR) is 43.3 cm³/mol. The van der Waals surface area contributed by atoms with Crippen molar-refractivity contribution in [2.45, 2.75) is 6.54 Å². The first kappa shape index (κ1) is 8.83. The summed E-state index contributed by atoms with van der Waals surface area (Å²) in [6, 6.07) is 4.96. The lowest BCUT2D eigenvalue weighted by atomic mass is 10.2. The van der Waals surface area contributed by atoms with Crippen LogP contribution in [0.25, 0.3) is 0 Å². The van der Waals surface area contributed by atoms with Crippen molar-refractivity contribution in [1.82, 2.24) is 5.48 Å². The van der Waals surface area contributed by atoms with Crippen LogP contribution in [0.1, 0.15) is 5.56 Å². The first-order valence-corrected chi connectivity index (χ1v) is 3.51. The summed E-state index contributed by atoms with van der Waals surface area (Å²) in [4.78, 5) is 0. The molecule has 0 atom stereocenters. The number of benzene rings is 1. The quantitative estimate of drug-likeness (QED) is 0.588. The highest BCUT2D eigenvalue weighted by Gasteiger charge is 2.05. The Kier molecular flexibility index (Phi) is 2.90. The van der Waals surface area contributed by atoms with Gasteiger partial charge in [-0.3, -0.25) is 0 Å². The molecule has 0 amide bonds. The number of methoxy groups -OCH3 is 1. The number of aromatic hydroxyl groups is 1. The molecular weight excluding hydrogens is 158 g/mol. The zero-order valence-electron chi connectivity index (χ0n) is 6.74. The molecule has 0 aromatic heterocycles. The van der Waals surface area contributed by atoms with Crippen LogP contribution in [0, 0.1) is 0 Å². The van der Waals surface area contributed by atoms with Crippen LogP contribution in [0.5, 0.6) is 11.5 Å². The van der Waals surface area contributed by atoms with Crippen molar-refractivity contribution < 1.29 is 15.1 Å². The third-order valence-corrected chi connectivity index (χ3v) is 1.55. The number of phenols is 1. The van der Waals surface area contributed by atoms with E-state index in [9.17, 15) is 5.11 Å². The molecule has 3 N–H and O–H groups in total. The zero-order valence-corrected chi connectivity index (χ0v) is 6.74. The van der Waals surface area contributed by atoms with Gasteiger partial charge in [0.1, 0.15) is 0 Å². The van der Waals surface area contributed by atoms with Crippen molar-refractivity contribution in [3.63, 3.8) is 0 Å². The van der Waals surface area contributed by atoms with Crippen LogP contribution in [-0.2, 0) is 6.54 Å². The van der Waals surface area contributed by atoms with E-state index in [1.165, 1.54) is 13.2 Å². The maximum absolute atomic E-state index is 9.28. The highest BCUT2D eigenvalue weighted by atomic mass is 16.5.